The Morgan fingerprint density at radius 2 is 2.00 bits per heavy atom. The third-order valence-corrected chi connectivity index (χ3v) is 4.45. The standard InChI is InChI=1S/C18H23N5O2/c1-13-10-17(21-12-20-13)23-9-8-22(11-16(23)18(24)19-2)14-4-6-15(25-3)7-5-14/h4-7,10,12,16H,8-9,11H2,1-3H3,(H,19,24). The Bertz CT molecular complexity index is 735. The molecule has 1 aliphatic rings. The number of ether oxygens (including phenoxy) is 1. The van der Waals surface area contributed by atoms with Crippen LogP contribution in [0.1, 0.15) is 5.69 Å². The number of carbonyl (C=O) groups is 1. The predicted molar refractivity (Wildman–Crippen MR) is 97.2 cm³/mol. The maximum Gasteiger partial charge on any atom is 0.244 e. The van der Waals surface area contributed by atoms with Crippen LogP contribution in [0.3, 0.4) is 0 Å². The molecule has 1 aliphatic heterocycles. The van der Waals surface area contributed by atoms with Crippen LogP contribution in [-0.4, -0.2) is 55.7 Å². The molecule has 1 aromatic carbocycles. The number of aryl methyl sites for hydroxylation is 1. The molecule has 1 N–H and O–H groups in total. The van der Waals surface area contributed by atoms with E-state index in [0.717, 1.165) is 29.5 Å². The van der Waals surface area contributed by atoms with Crippen molar-refractivity contribution in [2.24, 2.45) is 0 Å². The lowest BCUT2D eigenvalue weighted by molar-refractivity contribution is -0.121. The Kier molecular flexibility index (Phi) is 5.02. The number of hydrogen-bond acceptors (Lipinski definition) is 6. The van der Waals surface area contributed by atoms with Crippen LogP contribution in [0.15, 0.2) is 36.7 Å². The molecule has 1 unspecified atom stereocenters. The molecule has 7 nitrogen and oxygen atoms in total. The first kappa shape index (κ1) is 17.0. The van der Waals surface area contributed by atoms with Crippen LogP contribution in [-0.2, 0) is 4.79 Å². The van der Waals surface area contributed by atoms with Gasteiger partial charge in [0, 0.05) is 44.1 Å². The van der Waals surface area contributed by atoms with Gasteiger partial charge >= 0.3 is 0 Å². The van der Waals surface area contributed by atoms with Gasteiger partial charge in [0.15, 0.2) is 0 Å². The maximum atomic E-state index is 12.5. The third-order valence-electron chi connectivity index (χ3n) is 4.45. The van der Waals surface area contributed by atoms with Gasteiger partial charge in [-0.1, -0.05) is 0 Å². The largest absolute Gasteiger partial charge is 0.497 e. The molecule has 2 aromatic rings. The van der Waals surface area contributed by atoms with Crippen molar-refractivity contribution in [3.05, 3.63) is 42.4 Å². The monoisotopic (exact) mass is 341 g/mol. The van der Waals surface area contributed by atoms with Crippen LogP contribution < -0.4 is 19.9 Å². The topological polar surface area (TPSA) is 70.6 Å². The van der Waals surface area contributed by atoms with Gasteiger partial charge in [-0.3, -0.25) is 4.79 Å². The van der Waals surface area contributed by atoms with Crippen LogP contribution >= 0.6 is 0 Å². The molecule has 0 saturated carbocycles. The number of hydrogen-bond donors (Lipinski definition) is 1. The summed E-state index contributed by atoms with van der Waals surface area (Å²) >= 11 is 0. The molecule has 0 bridgehead atoms. The van der Waals surface area contributed by atoms with Gasteiger partial charge in [-0.2, -0.15) is 0 Å². The van der Waals surface area contributed by atoms with Gasteiger partial charge in [0.25, 0.3) is 0 Å². The summed E-state index contributed by atoms with van der Waals surface area (Å²) in [6.07, 6.45) is 1.54. The first-order valence-electron chi connectivity index (χ1n) is 8.28. The number of piperazine rings is 1. The SMILES string of the molecule is CNC(=O)C1CN(c2ccc(OC)cc2)CCN1c1cc(C)ncn1. The number of nitrogens with zero attached hydrogens (tertiary/aromatic N) is 4. The minimum absolute atomic E-state index is 0.0190. The van der Waals surface area contributed by atoms with Crippen molar-refractivity contribution in [3.63, 3.8) is 0 Å². The lowest BCUT2D eigenvalue weighted by Crippen LogP contribution is -2.59. The van der Waals surface area contributed by atoms with E-state index in [0.29, 0.717) is 13.1 Å². The quantitative estimate of drug-likeness (QED) is 0.902. The zero-order chi connectivity index (χ0) is 17.8. The van der Waals surface area contributed by atoms with E-state index >= 15 is 0 Å². The van der Waals surface area contributed by atoms with Gasteiger partial charge in [0.05, 0.1) is 7.11 Å². The summed E-state index contributed by atoms with van der Waals surface area (Å²) in [6.45, 7) is 4.03. The average Bonchev–Trinajstić information content (AvgIpc) is 2.67. The smallest absolute Gasteiger partial charge is 0.244 e. The molecule has 3 rings (SSSR count). The van der Waals surface area contributed by atoms with Gasteiger partial charge in [-0.15, -0.1) is 0 Å². The first-order valence-corrected chi connectivity index (χ1v) is 8.28. The molecule has 0 aliphatic carbocycles. The summed E-state index contributed by atoms with van der Waals surface area (Å²) in [7, 11) is 3.32. The molecule has 2 heterocycles. The van der Waals surface area contributed by atoms with Crippen LogP contribution in [0.25, 0.3) is 0 Å². The van der Waals surface area contributed by atoms with Gasteiger partial charge in [-0.25, -0.2) is 9.97 Å². The number of amides is 1. The van der Waals surface area contributed by atoms with Gasteiger partial charge in [0.1, 0.15) is 23.9 Å². The molecule has 0 radical (unpaired) electrons. The summed E-state index contributed by atoms with van der Waals surface area (Å²) in [5, 5.41) is 2.77. The number of likely N-dealkylation sites (N-methyl/N-ethyl adjacent to an activating group) is 1. The second-order valence-electron chi connectivity index (χ2n) is 5.99. The van der Waals surface area contributed by atoms with Crippen molar-refractivity contribution in [2.75, 3.05) is 43.6 Å². The average molecular weight is 341 g/mol. The van der Waals surface area contributed by atoms with E-state index in [2.05, 4.69) is 20.2 Å². The van der Waals surface area contributed by atoms with E-state index in [1.54, 1.807) is 20.5 Å². The fourth-order valence-corrected chi connectivity index (χ4v) is 3.07. The van der Waals surface area contributed by atoms with E-state index in [1.807, 2.05) is 42.2 Å². The Labute approximate surface area is 147 Å². The van der Waals surface area contributed by atoms with Crippen molar-refractivity contribution >= 4 is 17.4 Å². The highest BCUT2D eigenvalue weighted by molar-refractivity contribution is 5.86. The number of methoxy groups -OCH3 is 1. The second kappa shape index (κ2) is 7.38. The van der Waals surface area contributed by atoms with Crippen molar-refractivity contribution in [1.82, 2.24) is 15.3 Å². The Morgan fingerprint density at radius 1 is 1.24 bits per heavy atom. The Hall–Kier alpha value is -2.83. The van der Waals surface area contributed by atoms with E-state index in [4.69, 9.17) is 4.74 Å². The molecule has 1 fully saturated rings. The zero-order valence-corrected chi connectivity index (χ0v) is 14.8. The number of rotatable bonds is 4. The van der Waals surface area contributed by atoms with Crippen LogP contribution in [0.4, 0.5) is 11.5 Å². The minimum atomic E-state index is -0.310. The van der Waals surface area contributed by atoms with Crippen molar-refractivity contribution < 1.29 is 9.53 Å². The normalized spacial score (nSPS) is 17.3. The summed E-state index contributed by atoms with van der Waals surface area (Å²) in [5.74, 6) is 1.59. The highest BCUT2D eigenvalue weighted by Crippen LogP contribution is 2.25. The first-order chi connectivity index (χ1) is 12.1. The number of benzene rings is 1. The van der Waals surface area contributed by atoms with E-state index < -0.39 is 0 Å². The van der Waals surface area contributed by atoms with Crippen LogP contribution in [0.2, 0.25) is 0 Å². The van der Waals surface area contributed by atoms with E-state index in [-0.39, 0.29) is 11.9 Å². The fourth-order valence-electron chi connectivity index (χ4n) is 3.07. The van der Waals surface area contributed by atoms with E-state index in [1.165, 1.54) is 0 Å². The Balaban J connectivity index is 1.83. The fraction of sp³-hybridized carbons (Fsp3) is 0.389. The molecule has 132 valence electrons. The molecule has 1 aromatic heterocycles. The number of carbonyl (C=O) groups excluding carboxylic acids is 1. The summed E-state index contributed by atoms with van der Waals surface area (Å²) in [5.41, 5.74) is 1.96. The van der Waals surface area contributed by atoms with E-state index in [9.17, 15) is 4.79 Å². The molecule has 25 heavy (non-hydrogen) atoms. The molecule has 1 amide bonds. The number of aromatic nitrogens is 2. The summed E-state index contributed by atoms with van der Waals surface area (Å²) in [4.78, 5) is 25.2. The molecular weight excluding hydrogens is 318 g/mol. The lowest BCUT2D eigenvalue weighted by Gasteiger charge is -2.42. The van der Waals surface area contributed by atoms with Gasteiger partial charge in [0.2, 0.25) is 5.91 Å². The van der Waals surface area contributed by atoms with Crippen LogP contribution in [0.5, 0.6) is 5.75 Å². The molecule has 1 atom stereocenters. The number of anilines is 2. The predicted octanol–water partition coefficient (Wildman–Crippen LogP) is 1.23. The molecule has 7 heteroatoms. The molecule has 1 saturated heterocycles. The summed E-state index contributed by atoms with van der Waals surface area (Å²) in [6, 6.07) is 9.51. The highest BCUT2D eigenvalue weighted by atomic mass is 16.5. The number of nitrogens with one attached hydrogen (secondary N) is 1. The maximum absolute atomic E-state index is 12.5. The molecular formula is C18H23N5O2. The van der Waals surface area contributed by atoms with Crippen molar-refractivity contribution in [2.45, 2.75) is 13.0 Å². The summed E-state index contributed by atoms with van der Waals surface area (Å²) < 4.78 is 5.21. The minimum Gasteiger partial charge on any atom is -0.497 e. The van der Waals surface area contributed by atoms with Gasteiger partial charge in [-0.05, 0) is 31.2 Å². The van der Waals surface area contributed by atoms with Crippen LogP contribution in [0, 0.1) is 6.92 Å². The third kappa shape index (κ3) is 3.65. The molecule has 0 spiro atoms. The highest BCUT2D eigenvalue weighted by Gasteiger charge is 2.33. The van der Waals surface area contributed by atoms with Crippen molar-refractivity contribution in [1.29, 1.82) is 0 Å². The second-order valence-corrected chi connectivity index (χ2v) is 5.99. The van der Waals surface area contributed by atoms with Crippen molar-refractivity contribution in [3.8, 4) is 5.75 Å². The van der Waals surface area contributed by atoms with Gasteiger partial charge < -0.3 is 19.9 Å². The lowest BCUT2D eigenvalue weighted by atomic mass is 10.1. The Morgan fingerprint density at radius 3 is 2.64 bits per heavy atom. The zero-order valence-electron chi connectivity index (χ0n) is 14.8.